The summed E-state index contributed by atoms with van der Waals surface area (Å²) in [6.45, 7) is 3.21. The first-order chi connectivity index (χ1) is 15.9. The fourth-order valence-electron chi connectivity index (χ4n) is 4.40. The van der Waals surface area contributed by atoms with Crippen LogP contribution in [-0.2, 0) is 21.3 Å². The third-order valence-corrected chi connectivity index (χ3v) is 8.12. The lowest BCUT2D eigenvalue weighted by atomic mass is 10.1. The molecule has 2 aliphatic heterocycles. The van der Waals surface area contributed by atoms with Crippen LogP contribution in [0.2, 0.25) is 0 Å². The molecular formula is C24H30FN3O4S. The lowest BCUT2D eigenvalue weighted by Crippen LogP contribution is -2.41. The van der Waals surface area contributed by atoms with E-state index in [4.69, 9.17) is 4.74 Å². The zero-order chi connectivity index (χ0) is 23.4. The third kappa shape index (κ3) is 5.20. The van der Waals surface area contributed by atoms with Gasteiger partial charge in [-0.3, -0.25) is 4.79 Å². The molecule has 2 aliphatic rings. The van der Waals surface area contributed by atoms with Crippen molar-refractivity contribution < 1.29 is 22.3 Å². The van der Waals surface area contributed by atoms with Crippen LogP contribution in [0.5, 0.6) is 0 Å². The van der Waals surface area contributed by atoms with E-state index in [9.17, 15) is 17.6 Å². The Morgan fingerprint density at radius 2 is 1.73 bits per heavy atom. The maximum Gasteiger partial charge on any atom is 0.253 e. The number of hydrogen-bond donors (Lipinski definition) is 0. The van der Waals surface area contributed by atoms with Gasteiger partial charge < -0.3 is 14.5 Å². The van der Waals surface area contributed by atoms with E-state index in [1.807, 2.05) is 18.2 Å². The van der Waals surface area contributed by atoms with Crippen molar-refractivity contribution in [1.29, 1.82) is 0 Å². The normalized spacial score (nSPS) is 17.7. The highest BCUT2D eigenvalue weighted by molar-refractivity contribution is 7.89. The molecule has 1 amide bonds. The Morgan fingerprint density at radius 3 is 2.45 bits per heavy atom. The van der Waals surface area contributed by atoms with Crippen LogP contribution in [-0.4, -0.2) is 70.0 Å². The summed E-state index contributed by atoms with van der Waals surface area (Å²) in [5, 5.41) is 0. The van der Waals surface area contributed by atoms with Gasteiger partial charge in [-0.15, -0.1) is 0 Å². The lowest BCUT2D eigenvalue weighted by Gasteiger charge is -2.31. The number of sulfonamides is 1. The zero-order valence-electron chi connectivity index (χ0n) is 18.9. The fourth-order valence-corrected chi connectivity index (χ4v) is 5.89. The van der Waals surface area contributed by atoms with Gasteiger partial charge in [-0.05, 0) is 49.1 Å². The van der Waals surface area contributed by atoms with Crippen LogP contribution < -0.4 is 4.90 Å². The molecule has 2 aromatic rings. The molecule has 2 saturated heterocycles. The standard InChI is InChI=1S/C24H30FN3O4S/c1-26(18-20-7-3-4-8-22(20)27-11-5-2-6-12-27)24(29)19-9-10-21(25)23(17-19)33(30,31)28-13-15-32-16-14-28/h3-4,7-10,17H,2,5-6,11-16,18H2,1H3. The summed E-state index contributed by atoms with van der Waals surface area (Å²) in [7, 11) is -2.38. The summed E-state index contributed by atoms with van der Waals surface area (Å²) < 4.78 is 46.8. The minimum absolute atomic E-state index is 0.140. The summed E-state index contributed by atoms with van der Waals surface area (Å²) in [5.41, 5.74) is 2.28. The molecule has 0 unspecified atom stereocenters. The SMILES string of the molecule is CN(Cc1ccccc1N1CCCCC1)C(=O)c1ccc(F)c(S(=O)(=O)N2CCOCC2)c1. The molecule has 2 heterocycles. The van der Waals surface area contributed by atoms with Crippen molar-refractivity contribution in [3.8, 4) is 0 Å². The lowest BCUT2D eigenvalue weighted by molar-refractivity contribution is 0.0729. The Bertz CT molecular complexity index is 1100. The molecule has 0 saturated carbocycles. The monoisotopic (exact) mass is 475 g/mol. The Balaban J connectivity index is 1.55. The first kappa shape index (κ1) is 23.7. The molecule has 2 fully saturated rings. The fraction of sp³-hybridized carbons (Fsp3) is 0.458. The number of carbonyl (C=O) groups is 1. The average molecular weight is 476 g/mol. The van der Waals surface area contributed by atoms with E-state index in [0.29, 0.717) is 6.54 Å². The van der Waals surface area contributed by atoms with E-state index in [0.717, 1.165) is 49.3 Å². The molecule has 178 valence electrons. The van der Waals surface area contributed by atoms with E-state index < -0.39 is 20.7 Å². The molecule has 2 aromatic carbocycles. The molecule has 0 aliphatic carbocycles. The number of morpholine rings is 1. The summed E-state index contributed by atoms with van der Waals surface area (Å²) in [4.78, 5) is 16.6. The minimum Gasteiger partial charge on any atom is -0.379 e. The highest BCUT2D eigenvalue weighted by Gasteiger charge is 2.30. The molecule has 0 aromatic heterocycles. The van der Waals surface area contributed by atoms with E-state index in [2.05, 4.69) is 11.0 Å². The maximum atomic E-state index is 14.5. The topological polar surface area (TPSA) is 70.2 Å². The van der Waals surface area contributed by atoms with Crippen LogP contribution >= 0.6 is 0 Å². The molecule has 33 heavy (non-hydrogen) atoms. The number of nitrogens with zero attached hydrogens (tertiary/aromatic N) is 3. The molecule has 9 heteroatoms. The molecule has 7 nitrogen and oxygen atoms in total. The van der Waals surface area contributed by atoms with Crippen LogP contribution in [0.3, 0.4) is 0 Å². The van der Waals surface area contributed by atoms with Gasteiger partial charge in [0.1, 0.15) is 10.7 Å². The Hall–Kier alpha value is -2.49. The van der Waals surface area contributed by atoms with E-state index >= 15 is 0 Å². The van der Waals surface area contributed by atoms with Crippen molar-refractivity contribution in [2.45, 2.75) is 30.7 Å². The van der Waals surface area contributed by atoms with Gasteiger partial charge in [0.15, 0.2) is 0 Å². The molecular weight excluding hydrogens is 445 g/mol. The Labute approximate surface area is 194 Å². The van der Waals surface area contributed by atoms with Crippen molar-refractivity contribution in [3.63, 3.8) is 0 Å². The molecule has 0 spiro atoms. The van der Waals surface area contributed by atoms with Gasteiger partial charge in [-0.25, -0.2) is 12.8 Å². The Morgan fingerprint density at radius 1 is 1.03 bits per heavy atom. The minimum atomic E-state index is -4.05. The van der Waals surface area contributed by atoms with Gasteiger partial charge in [0.05, 0.1) is 13.2 Å². The first-order valence-electron chi connectivity index (χ1n) is 11.3. The Kier molecular flexibility index (Phi) is 7.31. The summed E-state index contributed by atoms with van der Waals surface area (Å²) in [6, 6.07) is 11.6. The van der Waals surface area contributed by atoms with Crippen molar-refractivity contribution in [3.05, 3.63) is 59.4 Å². The maximum absolute atomic E-state index is 14.5. The largest absolute Gasteiger partial charge is 0.379 e. The quantitative estimate of drug-likeness (QED) is 0.642. The van der Waals surface area contributed by atoms with Gasteiger partial charge in [0, 0.05) is 51.0 Å². The molecule has 4 rings (SSSR count). The molecule has 0 radical (unpaired) electrons. The number of anilines is 1. The second-order valence-electron chi connectivity index (χ2n) is 8.50. The summed E-state index contributed by atoms with van der Waals surface area (Å²) in [6.07, 6.45) is 3.54. The van der Waals surface area contributed by atoms with E-state index in [-0.39, 0.29) is 37.8 Å². The number of halogens is 1. The van der Waals surface area contributed by atoms with Gasteiger partial charge >= 0.3 is 0 Å². The number of carbonyl (C=O) groups excluding carboxylic acids is 1. The number of piperidine rings is 1. The number of para-hydroxylation sites is 1. The number of rotatable bonds is 6. The number of benzene rings is 2. The predicted molar refractivity (Wildman–Crippen MR) is 124 cm³/mol. The van der Waals surface area contributed by atoms with Gasteiger partial charge in [0.25, 0.3) is 5.91 Å². The smallest absolute Gasteiger partial charge is 0.253 e. The van der Waals surface area contributed by atoms with Crippen molar-refractivity contribution in [2.24, 2.45) is 0 Å². The number of amides is 1. The van der Waals surface area contributed by atoms with Crippen LogP contribution in [0, 0.1) is 5.82 Å². The number of hydrogen-bond acceptors (Lipinski definition) is 5. The second kappa shape index (κ2) is 10.2. The highest BCUT2D eigenvalue weighted by Crippen LogP contribution is 2.26. The molecule has 0 atom stereocenters. The van der Waals surface area contributed by atoms with Crippen LogP contribution in [0.15, 0.2) is 47.4 Å². The number of ether oxygens (including phenoxy) is 1. The summed E-state index contributed by atoms with van der Waals surface area (Å²) >= 11 is 0. The zero-order valence-corrected chi connectivity index (χ0v) is 19.7. The van der Waals surface area contributed by atoms with Crippen LogP contribution in [0.25, 0.3) is 0 Å². The van der Waals surface area contributed by atoms with Gasteiger partial charge in [-0.2, -0.15) is 4.31 Å². The van der Waals surface area contributed by atoms with E-state index in [1.54, 1.807) is 11.9 Å². The van der Waals surface area contributed by atoms with Gasteiger partial charge in [-0.1, -0.05) is 18.2 Å². The first-order valence-corrected chi connectivity index (χ1v) is 12.8. The predicted octanol–water partition coefficient (Wildman–Crippen LogP) is 3.11. The highest BCUT2D eigenvalue weighted by atomic mass is 32.2. The van der Waals surface area contributed by atoms with Crippen molar-refractivity contribution >= 4 is 21.6 Å². The average Bonchev–Trinajstić information content (AvgIpc) is 2.85. The molecule has 0 N–H and O–H groups in total. The van der Waals surface area contributed by atoms with Gasteiger partial charge in [0.2, 0.25) is 10.0 Å². The van der Waals surface area contributed by atoms with Crippen LogP contribution in [0.4, 0.5) is 10.1 Å². The third-order valence-electron chi connectivity index (χ3n) is 6.21. The van der Waals surface area contributed by atoms with E-state index in [1.165, 1.54) is 16.8 Å². The molecule has 0 bridgehead atoms. The van der Waals surface area contributed by atoms with Crippen molar-refractivity contribution in [2.75, 3.05) is 51.3 Å². The summed E-state index contributed by atoms with van der Waals surface area (Å²) in [5.74, 6) is -1.22. The van der Waals surface area contributed by atoms with Crippen LogP contribution in [0.1, 0.15) is 35.2 Å². The second-order valence-corrected chi connectivity index (χ2v) is 10.4. The van der Waals surface area contributed by atoms with Crippen molar-refractivity contribution in [1.82, 2.24) is 9.21 Å².